The Hall–Kier alpha value is -1.41. The molecule has 1 aliphatic rings. The lowest BCUT2D eigenvalue weighted by Gasteiger charge is -2.25. The van der Waals surface area contributed by atoms with Crippen LogP contribution in [-0.2, 0) is 4.74 Å². The van der Waals surface area contributed by atoms with Crippen LogP contribution in [0.1, 0.15) is 6.92 Å². The Morgan fingerprint density at radius 2 is 2.29 bits per heavy atom. The zero-order valence-electron chi connectivity index (χ0n) is 9.42. The lowest BCUT2D eigenvalue weighted by molar-refractivity contribution is -0.379. The summed E-state index contributed by atoms with van der Waals surface area (Å²) in [5.41, 5.74) is 0. The molecule has 7 nitrogen and oxygen atoms in total. The molecule has 8 heteroatoms. The number of anilines is 1. The summed E-state index contributed by atoms with van der Waals surface area (Å²) in [6.45, 7) is 4.65. The zero-order chi connectivity index (χ0) is 12.3. The molecule has 1 fully saturated rings. The molecule has 0 spiro atoms. The normalized spacial score (nSPS) is 15.9. The molecule has 1 saturated heterocycles. The number of hydrogen-bond acceptors (Lipinski definition) is 7. The summed E-state index contributed by atoms with van der Waals surface area (Å²) in [5.74, 6) is 0.395. The molecule has 0 unspecified atom stereocenters. The summed E-state index contributed by atoms with van der Waals surface area (Å²) >= 11 is 0.971. The van der Waals surface area contributed by atoms with Gasteiger partial charge in [-0.3, -0.25) is 10.1 Å². The van der Waals surface area contributed by atoms with Crippen molar-refractivity contribution in [2.24, 2.45) is 0 Å². The Morgan fingerprint density at radius 1 is 1.59 bits per heavy atom. The molecule has 2 rings (SSSR count). The SMILES string of the molecule is CCOc1nc(N2CCOCC2)c([N+](=O)[O-])s1. The van der Waals surface area contributed by atoms with Crippen molar-refractivity contribution in [3.05, 3.63) is 10.1 Å². The minimum Gasteiger partial charge on any atom is -0.470 e. The van der Waals surface area contributed by atoms with Crippen LogP contribution in [0, 0.1) is 10.1 Å². The van der Waals surface area contributed by atoms with Gasteiger partial charge < -0.3 is 14.4 Å². The van der Waals surface area contributed by atoms with Crippen molar-refractivity contribution in [2.45, 2.75) is 6.92 Å². The maximum Gasteiger partial charge on any atom is 0.371 e. The Kier molecular flexibility index (Phi) is 3.75. The van der Waals surface area contributed by atoms with Crippen LogP contribution in [0.5, 0.6) is 5.19 Å². The lowest BCUT2D eigenvalue weighted by Crippen LogP contribution is -2.36. The third-order valence-electron chi connectivity index (χ3n) is 2.32. The summed E-state index contributed by atoms with van der Waals surface area (Å²) in [6, 6.07) is 0. The summed E-state index contributed by atoms with van der Waals surface area (Å²) < 4.78 is 10.4. The molecule has 94 valence electrons. The molecule has 1 aromatic rings. The van der Waals surface area contributed by atoms with Crippen LogP contribution in [-0.4, -0.2) is 42.8 Å². The minimum absolute atomic E-state index is 0.0374. The molecule has 17 heavy (non-hydrogen) atoms. The molecular weight excluding hydrogens is 246 g/mol. The van der Waals surface area contributed by atoms with Gasteiger partial charge in [0.1, 0.15) is 0 Å². The largest absolute Gasteiger partial charge is 0.470 e. The first-order chi connectivity index (χ1) is 8.22. The van der Waals surface area contributed by atoms with Gasteiger partial charge in [-0.05, 0) is 18.3 Å². The highest BCUT2D eigenvalue weighted by molar-refractivity contribution is 7.17. The van der Waals surface area contributed by atoms with E-state index in [1.807, 2.05) is 11.8 Å². The predicted molar refractivity (Wildman–Crippen MR) is 63.0 cm³/mol. The molecule has 0 atom stereocenters. The van der Waals surface area contributed by atoms with Gasteiger partial charge in [0.2, 0.25) is 5.82 Å². The van der Waals surface area contributed by atoms with E-state index in [9.17, 15) is 10.1 Å². The summed E-state index contributed by atoms with van der Waals surface area (Å²) in [4.78, 5) is 16.6. The topological polar surface area (TPSA) is 77.7 Å². The Bertz CT molecular complexity index is 403. The van der Waals surface area contributed by atoms with E-state index in [-0.39, 0.29) is 5.00 Å². The third kappa shape index (κ3) is 2.64. The van der Waals surface area contributed by atoms with Gasteiger partial charge in [0.05, 0.1) is 24.7 Å². The summed E-state index contributed by atoms with van der Waals surface area (Å²) in [7, 11) is 0. The van der Waals surface area contributed by atoms with Crippen LogP contribution in [0.4, 0.5) is 10.8 Å². The van der Waals surface area contributed by atoms with Crippen molar-refractivity contribution >= 4 is 22.2 Å². The molecule has 0 aliphatic carbocycles. The van der Waals surface area contributed by atoms with Gasteiger partial charge in [-0.25, -0.2) is 0 Å². The molecule has 2 heterocycles. The van der Waals surface area contributed by atoms with Crippen molar-refractivity contribution in [1.82, 2.24) is 4.98 Å². The number of ether oxygens (including phenoxy) is 2. The van der Waals surface area contributed by atoms with E-state index >= 15 is 0 Å². The van der Waals surface area contributed by atoms with Gasteiger partial charge in [0.25, 0.3) is 5.19 Å². The molecule has 0 saturated carbocycles. The van der Waals surface area contributed by atoms with Crippen molar-refractivity contribution in [3.63, 3.8) is 0 Å². The Labute approximate surface area is 102 Å². The predicted octanol–water partition coefficient (Wildman–Crippen LogP) is 1.29. The standard InChI is InChI=1S/C9H13N3O4S/c1-2-16-9-10-7(8(17-9)12(13)14)11-3-5-15-6-4-11/h2-6H2,1H3. The molecule has 0 N–H and O–H groups in total. The second kappa shape index (κ2) is 5.28. The first-order valence-corrected chi connectivity index (χ1v) is 6.14. The maximum atomic E-state index is 10.9. The van der Waals surface area contributed by atoms with Gasteiger partial charge >= 0.3 is 5.00 Å². The molecule has 0 bridgehead atoms. The van der Waals surface area contributed by atoms with Crippen LogP contribution in [0.25, 0.3) is 0 Å². The molecule has 1 aromatic heterocycles. The van der Waals surface area contributed by atoms with Crippen molar-refractivity contribution in [1.29, 1.82) is 0 Å². The monoisotopic (exact) mass is 259 g/mol. The van der Waals surface area contributed by atoms with Gasteiger partial charge in [-0.1, -0.05) is 0 Å². The number of nitrogens with zero attached hydrogens (tertiary/aromatic N) is 3. The quantitative estimate of drug-likeness (QED) is 0.599. The van der Waals surface area contributed by atoms with Crippen LogP contribution in [0.3, 0.4) is 0 Å². The number of aromatic nitrogens is 1. The molecule has 1 aliphatic heterocycles. The molecule has 0 aromatic carbocycles. The minimum atomic E-state index is -0.412. The molecule has 0 radical (unpaired) electrons. The zero-order valence-corrected chi connectivity index (χ0v) is 10.2. The van der Waals surface area contributed by atoms with Gasteiger partial charge in [0.15, 0.2) is 0 Å². The van der Waals surface area contributed by atoms with Crippen LogP contribution in [0.15, 0.2) is 0 Å². The van der Waals surface area contributed by atoms with E-state index < -0.39 is 4.92 Å². The number of hydrogen-bond donors (Lipinski definition) is 0. The highest BCUT2D eigenvalue weighted by atomic mass is 32.1. The number of morpholine rings is 1. The van der Waals surface area contributed by atoms with Crippen molar-refractivity contribution in [3.8, 4) is 5.19 Å². The smallest absolute Gasteiger partial charge is 0.371 e. The number of rotatable bonds is 4. The summed E-state index contributed by atoms with van der Waals surface area (Å²) in [6.07, 6.45) is 0. The van der Waals surface area contributed by atoms with Gasteiger partial charge in [-0.15, -0.1) is 0 Å². The number of nitro groups is 1. The van der Waals surface area contributed by atoms with E-state index in [1.165, 1.54) is 0 Å². The fourth-order valence-corrected chi connectivity index (χ4v) is 2.39. The lowest BCUT2D eigenvalue weighted by atomic mass is 10.4. The van der Waals surface area contributed by atoms with E-state index in [1.54, 1.807) is 0 Å². The fourth-order valence-electron chi connectivity index (χ4n) is 1.57. The second-order valence-electron chi connectivity index (χ2n) is 3.40. The van der Waals surface area contributed by atoms with Crippen molar-refractivity contribution in [2.75, 3.05) is 37.8 Å². The second-order valence-corrected chi connectivity index (χ2v) is 4.34. The van der Waals surface area contributed by atoms with Crippen LogP contribution in [0.2, 0.25) is 0 Å². The Morgan fingerprint density at radius 3 is 2.88 bits per heavy atom. The summed E-state index contributed by atoms with van der Waals surface area (Å²) in [5, 5.41) is 11.3. The first-order valence-electron chi connectivity index (χ1n) is 5.33. The van der Waals surface area contributed by atoms with E-state index in [0.29, 0.717) is 43.9 Å². The van der Waals surface area contributed by atoms with E-state index in [0.717, 1.165) is 11.3 Å². The first kappa shape index (κ1) is 12.1. The average Bonchev–Trinajstić information content (AvgIpc) is 2.75. The van der Waals surface area contributed by atoms with Crippen LogP contribution < -0.4 is 9.64 Å². The average molecular weight is 259 g/mol. The maximum absolute atomic E-state index is 10.9. The highest BCUT2D eigenvalue weighted by Crippen LogP contribution is 2.38. The molecule has 0 amide bonds. The number of thiazole rings is 1. The fraction of sp³-hybridized carbons (Fsp3) is 0.667. The van der Waals surface area contributed by atoms with Gasteiger partial charge in [0, 0.05) is 13.1 Å². The van der Waals surface area contributed by atoms with Crippen LogP contribution >= 0.6 is 11.3 Å². The van der Waals surface area contributed by atoms with Gasteiger partial charge in [-0.2, -0.15) is 4.98 Å². The van der Waals surface area contributed by atoms with Crippen molar-refractivity contribution < 1.29 is 14.4 Å². The van der Waals surface area contributed by atoms with E-state index in [2.05, 4.69) is 4.98 Å². The molecular formula is C9H13N3O4S. The van der Waals surface area contributed by atoms with E-state index in [4.69, 9.17) is 9.47 Å². The highest BCUT2D eigenvalue weighted by Gasteiger charge is 2.27. The Balaban J connectivity index is 2.26. The third-order valence-corrected chi connectivity index (χ3v) is 3.23.